The van der Waals surface area contributed by atoms with Crippen LogP contribution in [0.3, 0.4) is 0 Å². The van der Waals surface area contributed by atoms with Gasteiger partial charge in [-0.3, -0.25) is 0 Å². The van der Waals surface area contributed by atoms with Gasteiger partial charge in [0.15, 0.2) is 0 Å². The Morgan fingerprint density at radius 3 is 2.65 bits per heavy atom. The average Bonchev–Trinajstić information content (AvgIpc) is 2.54. The van der Waals surface area contributed by atoms with Gasteiger partial charge in [-0.2, -0.15) is 0 Å². The first-order valence-corrected chi connectivity index (χ1v) is 7.79. The van der Waals surface area contributed by atoms with Crippen molar-refractivity contribution in [3.05, 3.63) is 63.9 Å². The van der Waals surface area contributed by atoms with E-state index in [-0.39, 0.29) is 6.61 Å². The number of hydrogen-bond donors (Lipinski definition) is 1. The Labute approximate surface area is 141 Å². The minimum atomic E-state index is 0.289. The Hall–Kier alpha value is -2.47. The molecule has 3 aromatic rings. The van der Waals surface area contributed by atoms with Crippen molar-refractivity contribution in [3.8, 4) is 5.75 Å². The molecule has 1 heterocycles. The second kappa shape index (κ2) is 6.75. The van der Waals surface area contributed by atoms with Crippen LogP contribution >= 0.6 is 15.9 Å². The monoisotopic (exact) mass is 371 g/mol. The summed E-state index contributed by atoms with van der Waals surface area (Å²) in [5.41, 5.74) is 3.99. The number of oxime groups is 1. The molecule has 1 N–H and O–H groups in total. The molecule has 5 nitrogen and oxygen atoms in total. The third-order valence-electron chi connectivity index (χ3n) is 3.38. The Morgan fingerprint density at radius 1 is 1.17 bits per heavy atom. The molecule has 0 atom stereocenters. The molecular formula is C17H14BrN3O2. The maximum Gasteiger partial charge on any atom is 0.132 e. The summed E-state index contributed by atoms with van der Waals surface area (Å²) in [5.74, 6) is 0.611. The highest BCUT2D eigenvalue weighted by atomic mass is 79.9. The number of rotatable bonds is 4. The van der Waals surface area contributed by atoms with Gasteiger partial charge in [0.05, 0.1) is 28.6 Å². The highest BCUT2D eigenvalue weighted by Gasteiger charge is 2.08. The molecule has 0 bridgehead atoms. The van der Waals surface area contributed by atoms with Crippen LogP contribution in [0.5, 0.6) is 5.75 Å². The van der Waals surface area contributed by atoms with E-state index in [1.807, 2.05) is 49.4 Å². The zero-order chi connectivity index (χ0) is 16.2. The predicted molar refractivity (Wildman–Crippen MR) is 92.1 cm³/mol. The number of nitrogens with zero attached hydrogens (tertiary/aromatic N) is 3. The smallest absolute Gasteiger partial charge is 0.132 e. The van der Waals surface area contributed by atoms with Gasteiger partial charge in [-0.1, -0.05) is 33.2 Å². The van der Waals surface area contributed by atoms with Gasteiger partial charge in [-0.25, -0.2) is 9.97 Å². The molecular weight excluding hydrogens is 358 g/mol. The zero-order valence-electron chi connectivity index (χ0n) is 12.4. The lowest BCUT2D eigenvalue weighted by molar-refractivity contribution is 0.298. The van der Waals surface area contributed by atoms with Crippen LogP contribution in [0.15, 0.2) is 52.1 Å². The Kier molecular flexibility index (Phi) is 4.52. The van der Waals surface area contributed by atoms with Gasteiger partial charge in [0.25, 0.3) is 0 Å². The largest absolute Gasteiger partial charge is 0.487 e. The number of halogens is 1. The maximum absolute atomic E-state index is 8.76. The van der Waals surface area contributed by atoms with Gasteiger partial charge < -0.3 is 9.94 Å². The summed E-state index contributed by atoms with van der Waals surface area (Å²) >= 11 is 3.38. The van der Waals surface area contributed by atoms with Crippen LogP contribution < -0.4 is 4.74 Å². The lowest BCUT2D eigenvalue weighted by Crippen LogP contribution is -2.05. The van der Waals surface area contributed by atoms with Crippen molar-refractivity contribution in [2.24, 2.45) is 5.16 Å². The molecule has 2 aromatic carbocycles. The molecule has 0 aliphatic carbocycles. The first kappa shape index (κ1) is 15.4. The average molecular weight is 372 g/mol. The molecule has 0 aliphatic rings. The van der Waals surface area contributed by atoms with E-state index in [9.17, 15) is 0 Å². The standard InChI is InChI=1S/C17H14BrN3O2/c1-11-16(21-15-5-3-2-4-14(15)20-11)10-23-17-7-6-13(18)8-12(17)9-19-22/h2-9,22H,10H2,1H3/b19-9+. The molecule has 3 rings (SSSR count). The van der Waals surface area contributed by atoms with Crippen molar-refractivity contribution in [1.29, 1.82) is 0 Å². The van der Waals surface area contributed by atoms with E-state index in [4.69, 9.17) is 9.94 Å². The Bertz CT molecular complexity index is 881. The normalized spacial score (nSPS) is 11.2. The molecule has 23 heavy (non-hydrogen) atoms. The highest BCUT2D eigenvalue weighted by molar-refractivity contribution is 9.10. The van der Waals surface area contributed by atoms with Gasteiger partial charge in [0, 0.05) is 10.0 Å². The second-order valence-electron chi connectivity index (χ2n) is 4.96. The topological polar surface area (TPSA) is 67.6 Å². The van der Waals surface area contributed by atoms with Crippen LogP contribution in [0.4, 0.5) is 0 Å². The summed E-state index contributed by atoms with van der Waals surface area (Å²) in [5, 5.41) is 11.8. The lowest BCUT2D eigenvalue weighted by atomic mass is 10.2. The van der Waals surface area contributed by atoms with Gasteiger partial charge in [0.2, 0.25) is 0 Å². The number of aryl methyl sites for hydroxylation is 1. The number of hydrogen-bond acceptors (Lipinski definition) is 5. The molecule has 0 spiro atoms. The van der Waals surface area contributed by atoms with Crippen molar-refractivity contribution in [1.82, 2.24) is 9.97 Å². The molecule has 0 aliphatic heterocycles. The van der Waals surface area contributed by atoms with E-state index >= 15 is 0 Å². The van der Waals surface area contributed by atoms with Crippen molar-refractivity contribution >= 4 is 33.2 Å². The van der Waals surface area contributed by atoms with Crippen LogP contribution in [0, 0.1) is 6.92 Å². The minimum Gasteiger partial charge on any atom is -0.487 e. The summed E-state index contributed by atoms with van der Waals surface area (Å²) in [6, 6.07) is 13.2. The van der Waals surface area contributed by atoms with Crippen molar-refractivity contribution in [2.45, 2.75) is 13.5 Å². The highest BCUT2D eigenvalue weighted by Crippen LogP contribution is 2.23. The fourth-order valence-electron chi connectivity index (χ4n) is 2.22. The van der Waals surface area contributed by atoms with Crippen molar-refractivity contribution < 1.29 is 9.94 Å². The van der Waals surface area contributed by atoms with Crippen LogP contribution in [-0.4, -0.2) is 21.4 Å². The van der Waals surface area contributed by atoms with Gasteiger partial charge in [-0.15, -0.1) is 0 Å². The SMILES string of the molecule is Cc1nc2ccccc2nc1COc1ccc(Br)cc1/C=N/O. The summed E-state index contributed by atoms with van der Waals surface area (Å²) < 4.78 is 6.71. The molecule has 0 saturated heterocycles. The van der Waals surface area contributed by atoms with Gasteiger partial charge in [0.1, 0.15) is 12.4 Å². The van der Waals surface area contributed by atoms with Crippen LogP contribution in [0.2, 0.25) is 0 Å². The molecule has 1 aromatic heterocycles. The second-order valence-corrected chi connectivity index (χ2v) is 5.88. The van der Waals surface area contributed by atoms with Gasteiger partial charge in [-0.05, 0) is 37.3 Å². The molecule has 0 radical (unpaired) electrons. The van der Waals surface area contributed by atoms with E-state index in [0.29, 0.717) is 11.3 Å². The van der Waals surface area contributed by atoms with Crippen LogP contribution in [0.1, 0.15) is 17.0 Å². The third-order valence-corrected chi connectivity index (χ3v) is 3.87. The van der Waals surface area contributed by atoms with Crippen LogP contribution in [0.25, 0.3) is 11.0 Å². The Balaban J connectivity index is 1.87. The summed E-state index contributed by atoms with van der Waals surface area (Å²) in [4.78, 5) is 9.15. The summed E-state index contributed by atoms with van der Waals surface area (Å²) in [6.45, 7) is 2.20. The summed E-state index contributed by atoms with van der Waals surface area (Å²) in [6.07, 6.45) is 1.33. The first-order chi connectivity index (χ1) is 11.2. The quantitative estimate of drug-likeness (QED) is 0.426. The number of fused-ring (bicyclic) bond motifs is 1. The molecule has 116 valence electrons. The number of ether oxygens (including phenoxy) is 1. The number of benzene rings is 2. The number of aromatic nitrogens is 2. The van der Waals surface area contributed by atoms with Crippen LogP contribution in [-0.2, 0) is 6.61 Å². The van der Waals surface area contributed by atoms with Gasteiger partial charge >= 0.3 is 0 Å². The molecule has 0 saturated carbocycles. The van der Waals surface area contributed by atoms with Crippen molar-refractivity contribution in [3.63, 3.8) is 0 Å². The third kappa shape index (κ3) is 3.48. The van der Waals surface area contributed by atoms with E-state index in [1.54, 1.807) is 0 Å². The Morgan fingerprint density at radius 2 is 1.91 bits per heavy atom. The molecule has 6 heteroatoms. The predicted octanol–water partition coefficient (Wildman–Crippen LogP) is 4.09. The van der Waals surface area contributed by atoms with E-state index < -0.39 is 0 Å². The molecule has 0 unspecified atom stereocenters. The van der Waals surface area contributed by atoms with E-state index in [0.717, 1.165) is 26.9 Å². The molecule has 0 fully saturated rings. The lowest BCUT2D eigenvalue weighted by Gasteiger charge is -2.11. The first-order valence-electron chi connectivity index (χ1n) is 6.99. The van der Waals surface area contributed by atoms with Crippen molar-refractivity contribution in [2.75, 3.05) is 0 Å². The maximum atomic E-state index is 8.76. The molecule has 0 amide bonds. The summed E-state index contributed by atoms with van der Waals surface area (Å²) in [7, 11) is 0. The number of para-hydroxylation sites is 2. The zero-order valence-corrected chi connectivity index (χ0v) is 14.0. The van der Waals surface area contributed by atoms with E-state index in [2.05, 4.69) is 31.1 Å². The fraction of sp³-hybridized carbons (Fsp3) is 0.118. The minimum absolute atomic E-state index is 0.289. The van der Waals surface area contributed by atoms with E-state index in [1.165, 1.54) is 6.21 Å². The fourth-order valence-corrected chi connectivity index (χ4v) is 2.60.